The van der Waals surface area contributed by atoms with E-state index >= 15 is 0 Å². The topological polar surface area (TPSA) is 53.1 Å². The van der Waals surface area contributed by atoms with Gasteiger partial charge in [-0.15, -0.1) is 0 Å². The molecule has 0 radical (unpaired) electrons. The van der Waals surface area contributed by atoms with Gasteiger partial charge in [0.2, 0.25) is 0 Å². The lowest BCUT2D eigenvalue weighted by molar-refractivity contribution is -0.140. The number of nitrogens with zero attached hydrogens (tertiary/aromatic N) is 3. The van der Waals surface area contributed by atoms with Crippen molar-refractivity contribution in [2.75, 3.05) is 34.3 Å². The van der Waals surface area contributed by atoms with Gasteiger partial charge in [0.15, 0.2) is 0 Å². The Labute approximate surface area is 199 Å². The Morgan fingerprint density at radius 2 is 1.76 bits per heavy atom. The fourth-order valence-electron chi connectivity index (χ4n) is 6.34. The highest BCUT2D eigenvalue weighted by Gasteiger charge is 2.48. The zero-order chi connectivity index (χ0) is 23.4. The SMILES string of the molecule is COC(=O)CCCN1C(=O)N(CC2CCC2)[C@H]2CC[C@](c3ccccc3)(N(C)C)CCCC21. The second kappa shape index (κ2) is 10.5. The summed E-state index contributed by atoms with van der Waals surface area (Å²) in [5.74, 6) is 0.462. The van der Waals surface area contributed by atoms with Crippen molar-refractivity contribution in [3.8, 4) is 0 Å². The van der Waals surface area contributed by atoms with Crippen LogP contribution in [0.15, 0.2) is 30.3 Å². The molecule has 2 aliphatic carbocycles. The number of amides is 2. The molecule has 1 aromatic carbocycles. The van der Waals surface area contributed by atoms with Crippen LogP contribution in [-0.4, -0.2) is 73.1 Å². The number of ether oxygens (including phenoxy) is 1. The summed E-state index contributed by atoms with van der Waals surface area (Å²) in [4.78, 5) is 32.0. The largest absolute Gasteiger partial charge is 0.469 e. The molecule has 33 heavy (non-hydrogen) atoms. The van der Waals surface area contributed by atoms with Crippen molar-refractivity contribution in [1.82, 2.24) is 14.7 Å². The maximum atomic E-state index is 13.6. The number of hydrogen-bond donors (Lipinski definition) is 0. The molecule has 1 unspecified atom stereocenters. The van der Waals surface area contributed by atoms with Gasteiger partial charge in [0, 0.05) is 25.0 Å². The first-order valence-corrected chi connectivity index (χ1v) is 12.8. The summed E-state index contributed by atoms with van der Waals surface area (Å²) in [5.41, 5.74) is 1.40. The molecule has 6 nitrogen and oxygen atoms in total. The van der Waals surface area contributed by atoms with Crippen LogP contribution in [0.4, 0.5) is 4.79 Å². The Morgan fingerprint density at radius 3 is 2.39 bits per heavy atom. The average Bonchev–Trinajstić information content (AvgIpc) is 3.01. The third-order valence-electron chi connectivity index (χ3n) is 8.53. The van der Waals surface area contributed by atoms with Crippen molar-refractivity contribution in [2.24, 2.45) is 5.92 Å². The summed E-state index contributed by atoms with van der Waals surface area (Å²) in [5, 5.41) is 0. The highest BCUT2D eigenvalue weighted by Crippen LogP contribution is 2.43. The molecule has 0 bridgehead atoms. The number of fused-ring (bicyclic) bond motifs is 1. The van der Waals surface area contributed by atoms with E-state index in [0.717, 1.165) is 38.6 Å². The van der Waals surface area contributed by atoms with E-state index in [1.807, 2.05) is 0 Å². The molecule has 3 fully saturated rings. The number of carbonyl (C=O) groups is 2. The number of urea groups is 1. The summed E-state index contributed by atoms with van der Waals surface area (Å²) in [6.45, 7) is 1.54. The van der Waals surface area contributed by atoms with Gasteiger partial charge in [0.05, 0.1) is 19.2 Å². The molecule has 182 valence electrons. The van der Waals surface area contributed by atoms with Crippen LogP contribution >= 0.6 is 0 Å². The fraction of sp³-hybridized carbons (Fsp3) is 0.704. The fourth-order valence-corrected chi connectivity index (χ4v) is 6.34. The molecule has 0 spiro atoms. The molecule has 3 aliphatic rings. The van der Waals surface area contributed by atoms with E-state index in [1.54, 1.807) is 0 Å². The van der Waals surface area contributed by atoms with Gasteiger partial charge < -0.3 is 14.5 Å². The van der Waals surface area contributed by atoms with Crippen LogP contribution in [0.1, 0.15) is 69.8 Å². The maximum Gasteiger partial charge on any atom is 0.320 e. The molecule has 1 heterocycles. The van der Waals surface area contributed by atoms with E-state index in [1.165, 1.54) is 31.9 Å². The lowest BCUT2D eigenvalue weighted by atomic mass is 9.75. The first kappa shape index (κ1) is 24.1. The van der Waals surface area contributed by atoms with Crippen LogP contribution in [-0.2, 0) is 15.1 Å². The van der Waals surface area contributed by atoms with Crippen LogP contribution in [0, 0.1) is 5.92 Å². The van der Waals surface area contributed by atoms with Gasteiger partial charge in [-0.05, 0) is 76.9 Å². The molecule has 0 N–H and O–H groups in total. The van der Waals surface area contributed by atoms with Crippen molar-refractivity contribution in [3.05, 3.63) is 35.9 Å². The normalized spacial score (nSPS) is 28.3. The molecule has 6 heteroatoms. The predicted molar refractivity (Wildman–Crippen MR) is 130 cm³/mol. The van der Waals surface area contributed by atoms with Crippen LogP contribution in [0.3, 0.4) is 0 Å². The Hall–Kier alpha value is -2.08. The minimum Gasteiger partial charge on any atom is -0.469 e. The lowest BCUT2D eigenvalue weighted by Gasteiger charge is -2.45. The molecule has 2 saturated carbocycles. The first-order chi connectivity index (χ1) is 16.0. The van der Waals surface area contributed by atoms with E-state index < -0.39 is 0 Å². The van der Waals surface area contributed by atoms with Gasteiger partial charge in [-0.2, -0.15) is 0 Å². The number of rotatable bonds is 8. The highest BCUT2D eigenvalue weighted by molar-refractivity contribution is 5.78. The minimum atomic E-state index is -0.194. The van der Waals surface area contributed by atoms with Gasteiger partial charge in [0.1, 0.15) is 0 Å². The predicted octanol–water partition coefficient (Wildman–Crippen LogP) is 4.64. The van der Waals surface area contributed by atoms with Gasteiger partial charge >= 0.3 is 12.0 Å². The summed E-state index contributed by atoms with van der Waals surface area (Å²) >= 11 is 0. The molecule has 0 aromatic heterocycles. The molecule has 3 atom stereocenters. The lowest BCUT2D eigenvalue weighted by Crippen LogP contribution is -2.47. The monoisotopic (exact) mass is 455 g/mol. The number of carbonyl (C=O) groups excluding carboxylic acids is 2. The van der Waals surface area contributed by atoms with Gasteiger partial charge in [0.25, 0.3) is 0 Å². The van der Waals surface area contributed by atoms with E-state index in [0.29, 0.717) is 25.3 Å². The van der Waals surface area contributed by atoms with Crippen molar-refractivity contribution in [2.45, 2.75) is 81.8 Å². The van der Waals surface area contributed by atoms with E-state index in [9.17, 15) is 9.59 Å². The average molecular weight is 456 g/mol. The Balaban J connectivity index is 1.55. The number of esters is 1. The third-order valence-corrected chi connectivity index (χ3v) is 8.53. The number of methoxy groups -OCH3 is 1. The van der Waals surface area contributed by atoms with Crippen LogP contribution in [0.5, 0.6) is 0 Å². The number of benzene rings is 1. The Bertz CT molecular complexity index is 810. The highest BCUT2D eigenvalue weighted by atomic mass is 16.5. The summed E-state index contributed by atoms with van der Waals surface area (Å²) in [6.07, 6.45) is 10.1. The molecule has 2 amide bonds. The van der Waals surface area contributed by atoms with Gasteiger partial charge in [-0.25, -0.2) is 4.79 Å². The molecule has 1 aliphatic heterocycles. The molecule has 1 saturated heterocycles. The number of hydrogen-bond acceptors (Lipinski definition) is 4. The third kappa shape index (κ3) is 4.91. The second-order valence-electron chi connectivity index (χ2n) is 10.5. The van der Waals surface area contributed by atoms with Crippen LogP contribution < -0.4 is 0 Å². The zero-order valence-corrected chi connectivity index (χ0v) is 20.7. The Kier molecular flexibility index (Phi) is 7.62. The molecule has 1 aromatic rings. The quantitative estimate of drug-likeness (QED) is 0.536. The van der Waals surface area contributed by atoms with Gasteiger partial charge in [-0.3, -0.25) is 9.69 Å². The van der Waals surface area contributed by atoms with E-state index in [-0.39, 0.29) is 29.6 Å². The van der Waals surface area contributed by atoms with E-state index in [4.69, 9.17) is 4.74 Å². The van der Waals surface area contributed by atoms with Crippen LogP contribution in [0.25, 0.3) is 0 Å². The second-order valence-corrected chi connectivity index (χ2v) is 10.5. The Morgan fingerprint density at radius 1 is 1.03 bits per heavy atom. The molecular weight excluding hydrogens is 414 g/mol. The molecular formula is C27H41N3O3. The summed E-state index contributed by atoms with van der Waals surface area (Å²) < 4.78 is 4.81. The van der Waals surface area contributed by atoms with Crippen molar-refractivity contribution in [1.29, 1.82) is 0 Å². The van der Waals surface area contributed by atoms with Crippen molar-refractivity contribution < 1.29 is 14.3 Å². The summed E-state index contributed by atoms with van der Waals surface area (Å²) in [7, 11) is 5.84. The standard InChI is InChI=1S/C27H41N3O3/c1-28(2)27(22-12-5-4-6-13-22)17-8-14-23-24(16-18-27)30(20-21-10-7-11-21)26(32)29(23)19-9-15-25(31)33-3/h4-6,12-13,21,23-24H,7-11,14-20H2,1-3H3/t23?,24-,27+/m0/s1. The smallest absolute Gasteiger partial charge is 0.320 e. The van der Waals surface area contributed by atoms with Crippen LogP contribution in [0.2, 0.25) is 0 Å². The van der Waals surface area contributed by atoms with Crippen molar-refractivity contribution in [3.63, 3.8) is 0 Å². The van der Waals surface area contributed by atoms with E-state index in [2.05, 4.69) is 59.1 Å². The zero-order valence-electron chi connectivity index (χ0n) is 20.7. The maximum absolute atomic E-state index is 13.6. The van der Waals surface area contributed by atoms with Crippen molar-refractivity contribution >= 4 is 12.0 Å². The van der Waals surface area contributed by atoms with Gasteiger partial charge in [-0.1, -0.05) is 36.8 Å². The first-order valence-electron chi connectivity index (χ1n) is 12.8. The minimum absolute atomic E-state index is 0.00964. The molecule has 4 rings (SSSR count). The summed E-state index contributed by atoms with van der Waals surface area (Å²) in [6, 6.07) is 11.6.